The Balaban J connectivity index is 0.00000182. The maximum Gasteiger partial charge on any atom is 0.416 e. The van der Waals surface area contributed by atoms with Crippen molar-refractivity contribution in [3.8, 4) is 0 Å². The van der Waals surface area contributed by atoms with E-state index in [4.69, 9.17) is 0 Å². The van der Waals surface area contributed by atoms with Crippen molar-refractivity contribution in [3.63, 3.8) is 0 Å². The lowest BCUT2D eigenvalue weighted by Crippen LogP contribution is -2.18. The highest BCUT2D eigenvalue weighted by atomic mass is 19.4. The van der Waals surface area contributed by atoms with E-state index in [1.54, 1.807) is 24.9 Å². The fourth-order valence-corrected chi connectivity index (χ4v) is 2.81. The molecular formula is C26H29F5N2O. The van der Waals surface area contributed by atoms with Gasteiger partial charge in [0.05, 0.1) is 11.1 Å². The van der Waals surface area contributed by atoms with Crippen LogP contribution in [0.2, 0.25) is 0 Å². The molecule has 0 spiro atoms. The van der Waals surface area contributed by atoms with Crippen LogP contribution in [-0.2, 0) is 0 Å². The van der Waals surface area contributed by atoms with Gasteiger partial charge in [0, 0.05) is 25.0 Å². The van der Waals surface area contributed by atoms with Crippen LogP contribution in [0.15, 0.2) is 72.5 Å². The Morgan fingerprint density at radius 2 is 1.65 bits per heavy atom. The first-order valence-electron chi connectivity index (χ1n) is 10.5. The Bertz CT molecular complexity index is 1050. The van der Waals surface area contributed by atoms with E-state index in [2.05, 4.69) is 11.9 Å². The Morgan fingerprint density at radius 3 is 2.15 bits per heavy atom. The Hall–Kier alpha value is -3.42. The van der Waals surface area contributed by atoms with Crippen molar-refractivity contribution in [3.05, 3.63) is 95.2 Å². The van der Waals surface area contributed by atoms with Crippen molar-refractivity contribution in [2.45, 2.75) is 33.9 Å². The third-order valence-corrected chi connectivity index (χ3v) is 4.91. The van der Waals surface area contributed by atoms with E-state index in [1.807, 2.05) is 13.8 Å². The normalized spacial score (nSPS) is 12.2. The smallest absolute Gasteiger partial charge is 0.378 e. The number of carbonyl (C=O) groups excluding carboxylic acids is 1. The van der Waals surface area contributed by atoms with Gasteiger partial charge in [0.2, 0.25) is 0 Å². The summed E-state index contributed by atoms with van der Waals surface area (Å²) in [7, 11) is 1.70. The van der Waals surface area contributed by atoms with Crippen LogP contribution in [-0.4, -0.2) is 30.6 Å². The number of halogens is 5. The number of carbonyl (C=O) groups is 1. The summed E-state index contributed by atoms with van der Waals surface area (Å²) < 4.78 is 68.0. The Kier molecular flexibility index (Phi) is 10.7. The van der Waals surface area contributed by atoms with Crippen molar-refractivity contribution >= 4 is 17.2 Å². The maximum atomic E-state index is 13.8. The van der Waals surface area contributed by atoms with Crippen LogP contribution < -0.4 is 5.32 Å². The average Bonchev–Trinajstić information content (AvgIpc) is 2.78. The Labute approximate surface area is 197 Å². The summed E-state index contributed by atoms with van der Waals surface area (Å²) in [6.45, 7) is 10.6. The van der Waals surface area contributed by atoms with Gasteiger partial charge in [-0.05, 0) is 69.2 Å². The number of allylic oxidation sites excluding steroid dienone is 5. The molecule has 0 saturated carbocycles. The van der Waals surface area contributed by atoms with Crippen molar-refractivity contribution < 1.29 is 26.7 Å². The van der Waals surface area contributed by atoms with E-state index in [0.29, 0.717) is 17.8 Å². The van der Waals surface area contributed by atoms with Crippen molar-refractivity contribution in [1.82, 2.24) is 4.90 Å². The second-order valence-electron chi connectivity index (χ2n) is 7.38. The molecule has 0 aliphatic carbocycles. The standard InChI is InChI=1S/C23H23F5N2O.C3H6/c1-5-30(4)14(2)13-19(23(26,27)28)15(3)16-9-11-17(12-10-16)29-22(31)18-7-6-8-20(24)21(18)25;1-3-2/h6-13H,5H2,1-4H3,(H,29,31);3H,1H2,2H3/b14-13-,19-15-;. The highest BCUT2D eigenvalue weighted by Crippen LogP contribution is 2.34. The Morgan fingerprint density at radius 1 is 1.09 bits per heavy atom. The monoisotopic (exact) mass is 480 g/mol. The number of hydrogen-bond donors (Lipinski definition) is 1. The minimum atomic E-state index is -4.55. The number of alkyl halides is 3. The number of nitrogens with zero attached hydrogens (tertiary/aromatic N) is 1. The second kappa shape index (κ2) is 12.7. The van der Waals surface area contributed by atoms with Crippen molar-refractivity contribution in [2.75, 3.05) is 18.9 Å². The van der Waals surface area contributed by atoms with Gasteiger partial charge >= 0.3 is 6.18 Å². The first kappa shape index (κ1) is 28.6. The van der Waals surface area contributed by atoms with Gasteiger partial charge in [-0.15, -0.1) is 6.58 Å². The molecule has 3 nitrogen and oxygen atoms in total. The quantitative estimate of drug-likeness (QED) is 0.262. The fourth-order valence-electron chi connectivity index (χ4n) is 2.81. The molecule has 0 atom stereocenters. The number of rotatable bonds is 6. The van der Waals surface area contributed by atoms with E-state index in [1.165, 1.54) is 37.3 Å². The fraction of sp³-hybridized carbons (Fsp3) is 0.269. The summed E-state index contributed by atoms with van der Waals surface area (Å²) >= 11 is 0. The van der Waals surface area contributed by atoms with Crippen LogP contribution >= 0.6 is 0 Å². The molecule has 0 unspecified atom stereocenters. The van der Waals surface area contributed by atoms with Gasteiger partial charge in [0.15, 0.2) is 11.6 Å². The van der Waals surface area contributed by atoms with E-state index in [-0.39, 0.29) is 11.3 Å². The highest BCUT2D eigenvalue weighted by Gasteiger charge is 2.34. The molecule has 2 aromatic rings. The highest BCUT2D eigenvalue weighted by molar-refractivity contribution is 6.04. The van der Waals surface area contributed by atoms with Crippen LogP contribution in [0.5, 0.6) is 0 Å². The molecular weight excluding hydrogens is 451 g/mol. The molecule has 8 heteroatoms. The molecule has 1 amide bonds. The largest absolute Gasteiger partial charge is 0.416 e. The lowest BCUT2D eigenvalue weighted by molar-refractivity contribution is -0.0878. The van der Waals surface area contributed by atoms with E-state index in [9.17, 15) is 26.7 Å². The summed E-state index contributed by atoms with van der Waals surface area (Å²) in [4.78, 5) is 13.9. The molecule has 0 aliphatic heterocycles. The first-order valence-corrected chi connectivity index (χ1v) is 10.5. The van der Waals surface area contributed by atoms with Crippen molar-refractivity contribution in [2.24, 2.45) is 0 Å². The summed E-state index contributed by atoms with van der Waals surface area (Å²) in [6.07, 6.45) is -1.71. The van der Waals surface area contributed by atoms with E-state index < -0.39 is 34.9 Å². The summed E-state index contributed by atoms with van der Waals surface area (Å²) in [5.41, 5.74) is -0.216. The zero-order valence-electron chi connectivity index (χ0n) is 19.9. The van der Waals surface area contributed by atoms with Gasteiger partial charge in [0.25, 0.3) is 5.91 Å². The summed E-state index contributed by atoms with van der Waals surface area (Å²) in [5, 5.41) is 2.40. The van der Waals surface area contributed by atoms with Gasteiger partial charge < -0.3 is 10.2 Å². The number of hydrogen-bond acceptors (Lipinski definition) is 2. The second-order valence-corrected chi connectivity index (χ2v) is 7.38. The molecule has 0 aliphatic rings. The molecule has 34 heavy (non-hydrogen) atoms. The van der Waals surface area contributed by atoms with Gasteiger partial charge in [-0.1, -0.05) is 24.3 Å². The van der Waals surface area contributed by atoms with E-state index in [0.717, 1.165) is 18.2 Å². The first-order chi connectivity index (χ1) is 15.9. The van der Waals surface area contributed by atoms with Gasteiger partial charge in [-0.3, -0.25) is 4.79 Å². The molecule has 1 N–H and O–H groups in total. The molecule has 0 aromatic heterocycles. The minimum Gasteiger partial charge on any atom is -0.378 e. The predicted octanol–water partition coefficient (Wildman–Crippen LogP) is 7.60. The SMILES string of the molecule is C=CC.CCN(C)/C(C)=C\C(=C(/C)c1ccc(NC(=O)c2cccc(F)c2F)cc1)C(F)(F)F. The summed E-state index contributed by atoms with van der Waals surface area (Å²) in [5.74, 6) is -3.29. The molecule has 2 rings (SSSR count). The van der Waals surface area contributed by atoms with Gasteiger partial charge in [-0.2, -0.15) is 13.2 Å². The molecule has 0 radical (unpaired) electrons. The molecule has 0 heterocycles. The van der Waals surface area contributed by atoms with Crippen LogP contribution in [0, 0.1) is 11.6 Å². The van der Waals surface area contributed by atoms with Crippen molar-refractivity contribution in [1.29, 1.82) is 0 Å². The number of benzene rings is 2. The lowest BCUT2D eigenvalue weighted by Gasteiger charge is -2.20. The molecule has 0 bridgehead atoms. The number of nitrogens with one attached hydrogen (secondary N) is 1. The lowest BCUT2D eigenvalue weighted by atomic mass is 9.99. The number of anilines is 1. The maximum absolute atomic E-state index is 13.8. The summed E-state index contributed by atoms with van der Waals surface area (Å²) in [6, 6.07) is 8.87. The van der Waals surface area contributed by atoms with Gasteiger partial charge in [-0.25, -0.2) is 8.78 Å². The topological polar surface area (TPSA) is 32.3 Å². The van der Waals surface area contributed by atoms with Gasteiger partial charge in [0.1, 0.15) is 0 Å². The molecule has 184 valence electrons. The van der Waals surface area contributed by atoms with Crippen LogP contribution in [0.25, 0.3) is 5.57 Å². The van der Waals surface area contributed by atoms with Crippen LogP contribution in [0.3, 0.4) is 0 Å². The third-order valence-electron chi connectivity index (χ3n) is 4.91. The van der Waals surface area contributed by atoms with Crippen LogP contribution in [0.1, 0.15) is 43.6 Å². The van der Waals surface area contributed by atoms with E-state index >= 15 is 0 Å². The predicted molar refractivity (Wildman–Crippen MR) is 127 cm³/mol. The third kappa shape index (κ3) is 7.86. The zero-order valence-corrected chi connectivity index (χ0v) is 19.9. The zero-order chi connectivity index (χ0) is 26.1. The minimum absolute atomic E-state index is 0.0189. The van der Waals surface area contributed by atoms with Crippen LogP contribution in [0.4, 0.5) is 27.6 Å². The average molecular weight is 481 g/mol. The molecule has 0 saturated heterocycles. The number of amides is 1. The molecule has 0 fully saturated rings. The molecule has 2 aromatic carbocycles.